The van der Waals surface area contributed by atoms with Crippen LogP contribution in [0.3, 0.4) is 0 Å². The number of aromatic nitrogens is 2. The van der Waals surface area contributed by atoms with Gasteiger partial charge in [0.05, 0.1) is 11.0 Å². The Bertz CT molecular complexity index is 715. The summed E-state index contributed by atoms with van der Waals surface area (Å²) in [6.45, 7) is 7.49. The molecule has 5 nitrogen and oxygen atoms in total. The fourth-order valence-electron chi connectivity index (χ4n) is 2.48. The number of H-pyrrole nitrogens is 2. The molecule has 0 aliphatic rings. The topological polar surface area (TPSA) is 77.8 Å². The third-order valence-corrected chi connectivity index (χ3v) is 3.50. The summed E-state index contributed by atoms with van der Waals surface area (Å²) in [6, 6.07) is 6.06. The van der Waals surface area contributed by atoms with Gasteiger partial charge in [0.1, 0.15) is 0 Å². The first-order chi connectivity index (χ1) is 10.0. The molecule has 0 saturated carbocycles. The second kappa shape index (κ2) is 6.72. The fourth-order valence-corrected chi connectivity index (χ4v) is 2.48. The van der Waals surface area contributed by atoms with Gasteiger partial charge in [0.15, 0.2) is 0 Å². The van der Waals surface area contributed by atoms with Crippen LogP contribution in [-0.4, -0.2) is 16.5 Å². The van der Waals surface area contributed by atoms with Crippen LogP contribution in [0.15, 0.2) is 27.8 Å². The van der Waals surface area contributed by atoms with Gasteiger partial charge < -0.3 is 15.3 Å². The van der Waals surface area contributed by atoms with Gasteiger partial charge in [-0.15, -0.1) is 0 Å². The van der Waals surface area contributed by atoms with Gasteiger partial charge in [0.25, 0.3) is 0 Å². The lowest BCUT2D eigenvalue weighted by molar-refractivity contribution is 0.430. The first-order valence-corrected chi connectivity index (χ1v) is 7.51. The zero-order chi connectivity index (χ0) is 15.4. The van der Waals surface area contributed by atoms with Crippen LogP contribution < -0.4 is 16.4 Å². The fraction of sp³-hybridized carbons (Fsp3) is 0.500. The van der Waals surface area contributed by atoms with Gasteiger partial charge in [-0.05, 0) is 43.0 Å². The van der Waals surface area contributed by atoms with Crippen LogP contribution in [0.5, 0.6) is 0 Å². The third-order valence-electron chi connectivity index (χ3n) is 3.50. The number of rotatable bonds is 6. The largest absolute Gasteiger partial charge is 0.316 e. The highest BCUT2D eigenvalue weighted by Gasteiger charge is 2.13. The molecule has 3 N–H and O–H groups in total. The van der Waals surface area contributed by atoms with Gasteiger partial charge >= 0.3 is 11.1 Å². The Morgan fingerprint density at radius 2 is 1.76 bits per heavy atom. The van der Waals surface area contributed by atoms with Gasteiger partial charge in [0.2, 0.25) is 0 Å². The molecule has 0 aliphatic carbocycles. The van der Waals surface area contributed by atoms with Crippen LogP contribution in [0.25, 0.3) is 11.0 Å². The van der Waals surface area contributed by atoms with E-state index >= 15 is 0 Å². The van der Waals surface area contributed by atoms with Gasteiger partial charge in [-0.25, -0.2) is 0 Å². The van der Waals surface area contributed by atoms with Gasteiger partial charge in [-0.1, -0.05) is 26.8 Å². The minimum absolute atomic E-state index is 0.254. The van der Waals surface area contributed by atoms with Crippen LogP contribution in [0.1, 0.15) is 45.2 Å². The maximum absolute atomic E-state index is 11.4. The molecule has 114 valence electrons. The molecule has 0 aliphatic heterocycles. The number of aromatic amines is 2. The minimum Gasteiger partial charge on any atom is -0.316 e. The van der Waals surface area contributed by atoms with E-state index in [1.807, 2.05) is 18.2 Å². The highest BCUT2D eigenvalue weighted by molar-refractivity contribution is 5.74. The summed E-state index contributed by atoms with van der Waals surface area (Å²) in [5.41, 5.74) is 1.23. The molecule has 0 radical (unpaired) electrons. The molecule has 1 heterocycles. The summed E-state index contributed by atoms with van der Waals surface area (Å²) in [5.74, 6) is 0.574. The first-order valence-electron chi connectivity index (χ1n) is 7.51. The van der Waals surface area contributed by atoms with Gasteiger partial charge in [0, 0.05) is 6.04 Å². The zero-order valence-electron chi connectivity index (χ0n) is 12.8. The van der Waals surface area contributed by atoms with Crippen molar-refractivity contribution in [2.24, 2.45) is 5.92 Å². The van der Waals surface area contributed by atoms with Crippen molar-refractivity contribution >= 4 is 11.0 Å². The molecule has 0 spiro atoms. The molecule has 0 saturated heterocycles. The Labute approximate surface area is 123 Å². The molecular formula is C16H23N3O2. The highest BCUT2D eigenvalue weighted by atomic mass is 16.2. The van der Waals surface area contributed by atoms with Crippen LogP contribution in [-0.2, 0) is 0 Å². The number of benzene rings is 1. The molecule has 1 aromatic carbocycles. The van der Waals surface area contributed by atoms with Crippen molar-refractivity contribution in [2.75, 3.05) is 6.54 Å². The molecule has 1 aromatic heterocycles. The predicted molar refractivity (Wildman–Crippen MR) is 85.7 cm³/mol. The number of hydrogen-bond acceptors (Lipinski definition) is 3. The average molecular weight is 289 g/mol. The van der Waals surface area contributed by atoms with E-state index in [0.29, 0.717) is 17.0 Å². The van der Waals surface area contributed by atoms with E-state index in [4.69, 9.17) is 0 Å². The van der Waals surface area contributed by atoms with E-state index in [1.54, 1.807) is 0 Å². The standard InChI is InChI=1S/C16H23N3O2/c1-4-7-17-13(8-10(2)3)11-5-6-12-14(9-11)19-16(21)15(20)18-12/h5-6,9-10,13,17H,4,7-8H2,1-3H3,(H,18,20)(H,19,21). The van der Waals surface area contributed by atoms with E-state index in [0.717, 1.165) is 24.9 Å². The highest BCUT2D eigenvalue weighted by Crippen LogP contribution is 2.23. The maximum Gasteiger partial charge on any atom is 0.314 e. The Kier molecular flexibility index (Phi) is 4.96. The van der Waals surface area contributed by atoms with Crippen LogP contribution in [0, 0.1) is 5.92 Å². The monoisotopic (exact) mass is 289 g/mol. The number of nitrogens with one attached hydrogen (secondary N) is 3. The zero-order valence-corrected chi connectivity index (χ0v) is 12.8. The van der Waals surface area contributed by atoms with Crippen molar-refractivity contribution in [3.8, 4) is 0 Å². The molecule has 2 aromatic rings. The molecule has 0 bridgehead atoms. The second-order valence-corrected chi connectivity index (χ2v) is 5.85. The van der Waals surface area contributed by atoms with Crippen molar-refractivity contribution in [1.29, 1.82) is 0 Å². The molecule has 0 amide bonds. The predicted octanol–water partition coefficient (Wildman–Crippen LogP) is 2.30. The Morgan fingerprint density at radius 3 is 2.38 bits per heavy atom. The van der Waals surface area contributed by atoms with Crippen LogP contribution in [0.4, 0.5) is 0 Å². The van der Waals surface area contributed by atoms with E-state index in [1.165, 1.54) is 0 Å². The second-order valence-electron chi connectivity index (χ2n) is 5.85. The summed E-state index contributed by atoms with van der Waals surface area (Å²) < 4.78 is 0. The molecule has 21 heavy (non-hydrogen) atoms. The minimum atomic E-state index is -0.613. The average Bonchev–Trinajstić information content (AvgIpc) is 2.44. The summed E-state index contributed by atoms with van der Waals surface area (Å²) in [7, 11) is 0. The summed E-state index contributed by atoms with van der Waals surface area (Å²) >= 11 is 0. The van der Waals surface area contributed by atoms with E-state index in [9.17, 15) is 9.59 Å². The Balaban J connectivity index is 2.40. The molecular weight excluding hydrogens is 266 g/mol. The SMILES string of the molecule is CCCNC(CC(C)C)c1ccc2[nH]c(=O)c(=O)[nH]c2c1. The van der Waals surface area contributed by atoms with Gasteiger partial charge in [-0.3, -0.25) is 9.59 Å². The van der Waals surface area contributed by atoms with E-state index < -0.39 is 11.1 Å². The quantitative estimate of drug-likeness (QED) is 0.714. The van der Waals surface area contributed by atoms with Crippen molar-refractivity contribution in [3.05, 3.63) is 44.5 Å². The Morgan fingerprint density at radius 1 is 1.10 bits per heavy atom. The van der Waals surface area contributed by atoms with Crippen molar-refractivity contribution in [3.63, 3.8) is 0 Å². The lowest BCUT2D eigenvalue weighted by Gasteiger charge is -2.21. The van der Waals surface area contributed by atoms with Gasteiger partial charge in [-0.2, -0.15) is 0 Å². The summed E-state index contributed by atoms with van der Waals surface area (Å²) in [6.07, 6.45) is 2.10. The lowest BCUT2D eigenvalue weighted by atomic mass is 9.96. The molecule has 1 unspecified atom stereocenters. The van der Waals surface area contributed by atoms with E-state index in [2.05, 4.69) is 36.1 Å². The lowest BCUT2D eigenvalue weighted by Crippen LogP contribution is -2.29. The Hall–Kier alpha value is -1.88. The maximum atomic E-state index is 11.4. The van der Waals surface area contributed by atoms with E-state index in [-0.39, 0.29) is 6.04 Å². The molecule has 0 fully saturated rings. The molecule has 2 rings (SSSR count). The van der Waals surface area contributed by atoms with Crippen LogP contribution in [0.2, 0.25) is 0 Å². The summed E-state index contributed by atoms with van der Waals surface area (Å²) in [4.78, 5) is 28.0. The smallest absolute Gasteiger partial charge is 0.314 e. The number of hydrogen-bond donors (Lipinski definition) is 3. The van der Waals surface area contributed by atoms with Crippen molar-refractivity contribution < 1.29 is 0 Å². The third kappa shape index (κ3) is 3.82. The van der Waals surface area contributed by atoms with Crippen molar-refractivity contribution in [2.45, 2.75) is 39.7 Å². The van der Waals surface area contributed by atoms with Crippen molar-refractivity contribution in [1.82, 2.24) is 15.3 Å². The summed E-state index contributed by atoms with van der Waals surface area (Å²) in [5, 5.41) is 3.54. The first kappa shape index (κ1) is 15.5. The molecule has 5 heteroatoms. The normalized spacial score (nSPS) is 13.0. The molecule has 1 atom stereocenters. The van der Waals surface area contributed by atoms with Crippen LogP contribution >= 0.6 is 0 Å². The number of fused-ring (bicyclic) bond motifs is 1.